The van der Waals surface area contributed by atoms with E-state index in [2.05, 4.69) is 15.5 Å². The van der Waals surface area contributed by atoms with Gasteiger partial charge in [0.1, 0.15) is 5.82 Å². The number of nitrogens with one attached hydrogen (secondary N) is 1. The van der Waals surface area contributed by atoms with Crippen molar-refractivity contribution in [1.82, 2.24) is 15.1 Å². The first kappa shape index (κ1) is 17.7. The number of urea groups is 1. The van der Waals surface area contributed by atoms with E-state index in [-0.39, 0.29) is 24.3 Å². The number of rotatable bonds is 2. The summed E-state index contributed by atoms with van der Waals surface area (Å²) in [6.07, 6.45) is 0.497. The van der Waals surface area contributed by atoms with Crippen molar-refractivity contribution in [1.29, 1.82) is 0 Å². The lowest BCUT2D eigenvalue weighted by Crippen LogP contribution is -2.38. The van der Waals surface area contributed by atoms with Crippen LogP contribution in [0.4, 0.5) is 15.2 Å². The maximum Gasteiger partial charge on any atom is 0.325 e. The fourth-order valence-electron chi connectivity index (χ4n) is 2.67. The first-order valence-electron chi connectivity index (χ1n) is 7.54. The molecule has 25 heavy (non-hydrogen) atoms. The minimum atomic E-state index is -0.412. The molecule has 0 spiro atoms. The van der Waals surface area contributed by atoms with Gasteiger partial charge in [-0.15, -0.1) is 5.10 Å². The van der Waals surface area contributed by atoms with Crippen LogP contribution in [0.3, 0.4) is 0 Å². The first-order valence-corrected chi connectivity index (χ1v) is 8.30. The highest BCUT2D eigenvalue weighted by molar-refractivity contribution is 6.39. The molecule has 0 radical (unpaired) electrons. The molecule has 0 atom stereocenters. The zero-order valence-electron chi connectivity index (χ0n) is 13.6. The second kappa shape index (κ2) is 7.01. The molecule has 0 fully saturated rings. The highest BCUT2D eigenvalue weighted by atomic mass is 35.5. The smallest absolute Gasteiger partial charge is 0.325 e. The third kappa shape index (κ3) is 3.77. The molecule has 1 aromatic heterocycles. The maximum absolute atomic E-state index is 13.4. The summed E-state index contributed by atoms with van der Waals surface area (Å²) in [4.78, 5) is 13.7. The first-order chi connectivity index (χ1) is 11.8. The number of benzene rings is 1. The van der Waals surface area contributed by atoms with E-state index >= 15 is 0 Å². The number of carbonyl (C=O) groups excluding carboxylic acids is 1. The molecule has 0 saturated carbocycles. The number of halogens is 3. The number of hydrogen-bond acceptors (Lipinski definition) is 4. The molecule has 2 amide bonds. The summed E-state index contributed by atoms with van der Waals surface area (Å²) in [5, 5.41) is 11.3. The third-order valence-electron chi connectivity index (χ3n) is 3.86. The Morgan fingerprint density at radius 1 is 1.24 bits per heavy atom. The van der Waals surface area contributed by atoms with Crippen LogP contribution in [0, 0.1) is 19.7 Å². The monoisotopic (exact) mass is 384 g/mol. The molecule has 2 aromatic rings. The minimum absolute atomic E-state index is 0.0418. The van der Waals surface area contributed by atoms with Gasteiger partial charge >= 0.3 is 12.0 Å². The summed E-state index contributed by atoms with van der Waals surface area (Å²) in [5.41, 5.74) is 1.98. The van der Waals surface area contributed by atoms with E-state index in [9.17, 15) is 9.18 Å². The van der Waals surface area contributed by atoms with Crippen molar-refractivity contribution in [2.24, 2.45) is 0 Å². The Labute approximate surface area is 153 Å². The van der Waals surface area contributed by atoms with Gasteiger partial charge in [0.2, 0.25) is 5.89 Å². The van der Waals surface area contributed by atoms with E-state index in [0.717, 1.165) is 0 Å². The number of aromatic nitrogens is 2. The number of nitrogens with zero attached hydrogens (tertiary/aromatic N) is 3. The Morgan fingerprint density at radius 3 is 2.56 bits per heavy atom. The number of hydrogen-bond donors (Lipinski definition) is 1. The molecule has 0 unspecified atom stereocenters. The highest BCUT2D eigenvalue weighted by Gasteiger charge is 2.23. The van der Waals surface area contributed by atoms with Crippen LogP contribution in [0.1, 0.15) is 17.5 Å². The van der Waals surface area contributed by atoms with Gasteiger partial charge in [0.05, 0.1) is 11.6 Å². The Morgan fingerprint density at radius 2 is 1.92 bits per heavy atom. The largest absolute Gasteiger partial charge is 0.403 e. The van der Waals surface area contributed by atoms with Crippen molar-refractivity contribution < 1.29 is 13.6 Å². The molecular weight excluding hydrogens is 370 g/mol. The van der Waals surface area contributed by atoms with Gasteiger partial charge < -0.3 is 9.32 Å². The molecule has 1 aliphatic heterocycles. The number of anilines is 1. The lowest BCUT2D eigenvalue weighted by Gasteiger charge is -2.26. The van der Waals surface area contributed by atoms with Crippen molar-refractivity contribution in [3.63, 3.8) is 0 Å². The van der Waals surface area contributed by atoms with Gasteiger partial charge in [-0.2, -0.15) is 0 Å². The van der Waals surface area contributed by atoms with Gasteiger partial charge in [0.15, 0.2) is 0 Å². The summed E-state index contributed by atoms with van der Waals surface area (Å²) < 4.78 is 18.9. The molecule has 1 aliphatic rings. The Kier molecular flexibility index (Phi) is 4.96. The van der Waals surface area contributed by atoms with E-state index in [0.29, 0.717) is 39.7 Å². The summed E-state index contributed by atoms with van der Waals surface area (Å²) in [6, 6.07) is 2.32. The van der Waals surface area contributed by atoms with Gasteiger partial charge in [0, 0.05) is 23.6 Å². The predicted octanol–water partition coefficient (Wildman–Crippen LogP) is 4.42. The Hall–Kier alpha value is -2.12. The van der Waals surface area contributed by atoms with E-state index in [1.54, 1.807) is 13.8 Å². The number of carbonyl (C=O) groups is 1. The second-order valence-electron chi connectivity index (χ2n) is 5.74. The van der Waals surface area contributed by atoms with E-state index < -0.39 is 6.03 Å². The fourth-order valence-corrected chi connectivity index (χ4v) is 3.05. The van der Waals surface area contributed by atoms with Gasteiger partial charge in [-0.3, -0.25) is 5.32 Å². The molecule has 1 N–H and O–H groups in total. The molecule has 0 bridgehead atoms. The van der Waals surface area contributed by atoms with Crippen LogP contribution in [0.25, 0.3) is 11.5 Å². The summed E-state index contributed by atoms with van der Waals surface area (Å²) in [5.74, 6) is -0.120. The predicted molar refractivity (Wildman–Crippen MR) is 93.1 cm³/mol. The second-order valence-corrected chi connectivity index (χ2v) is 6.65. The zero-order chi connectivity index (χ0) is 18.1. The van der Waals surface area contributed by atoms with Crippen LogP contribution in [-0.2, 0) is 0 Å². The number of aryl methyl sites for hydroxylation is 2. The standard InChI is InChI=1S/C16H15Cl2FN4O2/c1-8-5-10(19)6-9(2)13(8)14-21-22-15(25-14)20-16(24)23-4-3-11(17)12(18)7-23/h5-6H,3-4,7H2,1-2H3,(H,20,22,24). The van der Waals surface area contributed by atoms with Crippen LogP contribution < -0.4 is 5.32 Å². The van der Waals surface area contributed by atoms with Crippen molar-refractivity contribution in [2.75, 3.05) is 18.4 Å². The fraction of sp³-hybridized carbons (Fsp3) is 0.312. The average molecular weight is 385 g/mol. The van der Waals surface area contributed by atoms with Gasteiger partial charge in [-0.25, -0.2) is 9.18 Å². The van der Waals surface area contributed by atoms with Gasteiger partial charge in [0.25, 0.3) is 0 Å². The van der Waals surface area contributed by atoms with Crippen LogP contribution in [0.15, 0.2) is 26.6 Å². The highest BCUT2D eigenvalue weighted by Crippen LogP contribution is 2.28. The topological polar surface area (TPSA) is 71.3 Å². The molecule has 0 saturated heterocycles. The van der Waals surface area contributed by atoms with Crippen LogP contribution in [0.2, 0.25) is 0 Å². The van der Waals surface area contributed by atoms with Crippen molar-refractivity contribution in [3.05, 3.63) is 39.1 Å². The molecular formula is C16H15Cl2FN4O2. The van der Waals surface area contributed by atoms with E-state index in [1.165, 1.54) is 17.0 Å². The van der Waals surface area contributed by atoms with Crippen LogP contribution >= 0.6 is 23.2 Å². The van der Waals surface area contributed by atoms with E-state index in [1.807, 2.05) is 0 Å². The quantitative estimate of drug-likeness (QED) is 0.831. The molecule has 2 heterocycles. The van der Waals surface area contributed by atoms with Gasteiger partial charge in [-0.05, 0) is 37.1 Å². The molecule has 6 nitrogen and oxygen atoms in total. The molecule has 9 heteroatoms. The van der Waals surface area contributed by atoms with Gasteiger partial charge in [-0.1, -0.05) is 28.3 Å². The number of amides is 2. The van der Waals surface area contributed by atoms with Crippen molar-refractivity contribution in [2.45, 2.75) is 20.3 Å². The maximum atomic E-state index is 13.4. The molecule has 132 valence electrons. The normalized spacial score (nSPS) is 14.8. The SMILES string of the molecule is Cc1cc(F)cc(C)c1-c1nnc(NC(=O)N2CCC(Cl)=C(Cl)C2)o1. The zero-order valence-corrected chi connectivity index (χ0v) is 15.1. The van der Waals surface area contributed by atoms with Crippen LogP contribution in [-0.4, -0.2) is 34.2 Å². The lowest BCUT2D eigenvalue weighted by atomic mass is 10.0. The summed E-state index contributed by atoms with van der Waals surface area (Å²) in [7, 11) is 0. The molecule has 3 rings (SSSR count). The Balaban J connectivity index is 1.76. The van der Waals surface area contributed by atoms with Crippen molar-refractivity contribution in [3.8, 4) is 11.5 Å². The third-order valence-corrected chi connectivity index (χ3v) is 4.72. The molecule has 0 aliphatic carbocycles. The Bertz CT molecular complexity index is 843. The van der Waals surface area contributed by atoms with E-state index in [4.69, 9.17) is 27.6 Å². The lowest BCUT2D eigenvalue weighted by molar-refractivity contribution is 0.215. The van der Waals surface area contributed by atoms with Crippen molar-refractivity contribution >= 4 is 35.2 Å². The van der Waals surface area contributed by atoms with Crippen LogP contribution in [0.5, 0.6) is 0 Å². The average Bonchev–Trinajstić information content (AvgIpc) is 2.97. The minimum Gasteiger partial charge on any atom is -0.403 e. The molecule has 1 aromatic carbocycles. The summed E-state index contributed by atoms with van der Waals surface area (Å²) >= 11 is 11.9. The summed E-state index contributed by atoms with van der Waals surface area (Å²) in [6.45, 7) is 4.17.